The van der Waals surface area contributed by atoms with Crippen molar-refractivity contribution in [1.29, 1.82) is 0 Å². The number of aliphatic hydroxyl groups excluding tert-OH is 1. The Labute approximate surface area is 108 Å². The van der Waals surface area contributed by atoms with Gasteiger partial charge in [0.15, 0.2) is 6.23 Å². The molecule has 4 nitrogen and oxygen atoms in total. The number of aliphatic hydroxyl groups is 1. The largest absolute Gasteiger partial charge is 0.508 e. The van der Waals surface area contributed by atoms with Crippen LogP contribution in [0, 0.1) is 5.92 Å². The Hall–Kier alpha value is -0.970. The second-order valence-corrected chi connectivity index (χ2v) is 4.27. The van der Waals surface area contributed by atoms with Crippen LogP contribution in [0.15, 0.2) is 24.3 Å². The highest BCUT2D eigenvalue weighted by Gasteiger charge is 2.17. The zero-order valence-corrected chi connectivity index (χ0v) is 10.9. The van der Waals surface area contributed by atoms with Crippen molar-refractivity contribution >= 4 is 12.4 Å². The van der Waals surface area contributed by atoms with Gasteiger partial charge in [-0.25, -0.2) is 0 Å². The zero-order valence-electron chi connectivity index (χ0n) is 10.0. The summed E-state index contributed by atoms with van der Waals surface area (Å²) in [5, 5.41) is 18.8. The van der Waals surface area contributed by atoms with Crippen LogP contribution < -0.4 is 10.5 Å². The second-order valence-electron chi connectivity index (χ2n) is 4.27. The highest BCUT2D eigenvalue weighted by Crippen LogP contribution is 2.18. The molecule has 2 unspecified atom stereocenters. The van der Waals surface area contributed by atoms with Crippen molar-refractivity contribution in [1.82, 2.24) is 0 Å². The Balaban J connectivity index is 0.00000256. The van der Waals surface area contributed by atoms with Gasteiger partial charge in [-0.2, -0.15) is 0 Å². The maximum atomic E-state index is 9.70. The van der Waals surface area contributed by atoms with E-state index in [1.807, 2.05) is 13.8 Å². The summed E-state index contributed by atoms with van der Waals surface area (Å²) in [4.78, 5) is 0. The van der Waals surface area contributed by atoms with E-state index < -0.39 is 12.3 Å². The van der Waals surface area contributed by atoms with Crippen molar-refractivity contribution in [2.45, 2.75) is 32.6 Å². The molecule has 0 fully saturated rings. The van der Waals surface area contributed by atoms with Crippen molar-refractivity contribution in [3.8, 4) is 11.5 Å². The number of aromatic hydroxyl groups is 1. The normalized spacial score (nSPS) is 13.9. The van der Waals surface area contributed by atoms with Gasteiger partial charge in [0.1, 0.15) is 17.6 Å². The van der Waals surface area contributed by atoms with E-state index in [1.54, 1.807) is 12.1 Å². The van der Waals surface area contributed by atoms with Crippen LogP contribution >= 0.6 is 12.4 Å². The van der Waals surface area contributed by atoms with E-state index in [9.17, 15) is 5.11 Å². The van der Waals surface area contributed by atoms with E-state index in [4.69, 9.17) is 15.6 Å². The van der Waals surface area contributed by atoms with Gasteiger partial charge in [0.25, 0.3) is 0 Å². The summed E-state index contributed by atoms with van der Waals surface area (Å²) in [6.45, 7) is 4.02. The lowest BCUT2D eigenvalue weighted by molar-refractivity contribution is 0.0268. The van der Waals surface area contributed by atoms with Crippen LogP contribution in [-0.2, 0) is 0 Å². The number of nitrogens with two attached hydrogens (primary N) is 1. The Bertz CT molecular complexity index is 316. The number of hydrogen-bond donors (Lipinski definition) is 3. The molecule has 0 spiro atoms. The van der Waals surface area contributed by atoms with Crippen LogP contribution in [0.5, 0.6) is 11.5 Å². The number of rotatable bonds is 5. The van der Waals surface area contributed by atoms with Gasteiger partial charge in [0.2, 0.25) is 0 Å². The summed E-state index contributed by atoms with van der Waals surface area (Å²) in [6.07, 6.45) is -0.833. The van der Waals surface area contributed by atoms with Crippen LogP contribution in [0.3, 0.4) is 0 Å². The third-order valence-electron chi connectivity index (χ3n) is 2.20. The highest BCUT2D eigenvalue weighted by molar-refractivity contribution is 5.85. The molecule has 0 amide bonds. The van der Waals surface area contributed by atoms with Crippen LogP contribution in [0.1, 0.15) is 20.3 Å². The van der Waals surface area contributed by atoms with Crippen molar-refractivity contribution in [2.75, 3.05) is 0 Å². The van der Waals surface area contributed by atoms with Gasteiger partial charge < -0.3 is 14.9 Å². The standard InChI is InChI=1S/C12H19NO3.ClH/c1-8(2)7-11(15)12(13)16-10-5-3-9(14)4-6-10;/h3-6,8,11-12,14-15H,7,13H2,1-2H3;1H. The van der Waals surface area contributed by atoms with E-state index in [-0.39, 0.29) is 18.2 Å². The first-order chi connectivity index (χ1) is 7.49. The first kappa shape index (κ1) is 16.0. The lowest BCUT2D eigenvalue weighted by Gasteiger charge is -2.21. The summed E-state index contributed by atoms with van der Waals surface area (Å²) in [7, 11) is 0. The molecule has 0 saturated carbocycles. The summed E-state index contributed by atoms with van der Waals surface area (Å²) < 4.78 is 5.35. The maximum absolute atomic E-state index is 9.70. The van der Waals surface area contributed by atoms with Gasteiger partial charge in [0, 0.05) is 0 Å². The lowest BCUT2D eigenvalue weighted by atomic mass is 10.1. The molecule has 1 rings (SSSR count). The average Bonchev–Trinajstić information content (AvgIpc) is 2.20. The Morgan fingerprint density at radius 1 is 1.24 bits per heavy atom. The Morgan fingerprint density at radius 2 is 1.76 bits per heavy atom. The molecule has 2 atom stereocenters. The maximum Gasteiger partial charge on any atom is 0.173 e. The van der Waals surface area contributed by atoms with E-state index in [0.717, 1.165) is 0 Å². The molecule has 0 heterocycles. The summed E-state index contributed by atoms with van der Waals surface area (Å²) in [5.41, 5.74) is 5.70. The smallest absolute Gasteiger partial charge is 0.173 e. The van der Waals surface area contributed by atoms with E-state index in [0.29, 0.717) is 18.1 Å². The van der Waals surface area contributed by atoms with E-state index in [1.165, 1.54) is 12.1 Å². The molecule has 0 aliphatic rings. The Kier molecular flexibility index (Phi) is 6.95. The second kappa shape index (κ2) is 7.37. The molecule has 0 radical (unpaired) electrons. The van der Waals surface area contributed by atoms with E-state index >= 15 is 0 Å². The fourth-order valence-electron chi connectivity index (χ4n) is 1.38. The SMILES string of the molecule is CC(C)CC(O)C(N)Oc1ccc(O)cc1.Cl. The molecule has 0 aromatic heterocycles. The van der Waals surface area contributed by atoms with Crippen LogP contribution in [0.2, 0.25) is 0 Å². The molecule has 17 heavy (non-hydrogen) atoms. The molecular weight excluding hydrogens is 242 g/mol. The predicted molar refractivity (Wildman–Crippen MR) is 69.4 cm³/mol. The molecule has 98 valence electrons. The van der Waals surface area contributed by atoms with Crippen molar-refractivity contribution in [3.63, 3.8) is 0 Å². The minimum absolute atomic E-state index is 0. The van der Waals surface area contributed by atoms with Crippen molar-refractivity contribution in [3.05, 3.63) is 24.3 Å². The quantitative estimate of drug-likeness (QED) is 0.708. The van der Waals surface area contributed by atoms with Crippen molar-refractivity contribution in [2.24, 2.45) is 11.7 Å². The summed E-state index contributed by atoms with van der Waals surface area (Å²) >= 11 is 0. The van der Waals surface area contributed by atoms with Gasteiger partial charge >= 0.3 is 0 Å². The number of phenols is 1. The predicted octanol–water partition coefficient (Wildman–Crippen LogP) is 1.88. The Morgan fingerprint density at radius 3 is 2.24 bits per heavy atom. The van der Waals surface area contributed by atoms with Gasteiger partial charge in [-0.3, -0.25) is 5.73 Å². The number of ether oxygens (including phenoxy) is 1. The topological polar surface area (TPSA) is 75.7 Å². The molecule has 4 N–H and O–H groups in total. The fraction of sp³-hybridized carbons (Fsp3) is 0.500. The molecule has 1 aromatic carbocycles. The van der Waals surface area contributed by atoms with Crippen molar-refractivity contribution < 1.29 is 14.9 Å². The third kappa shape index (κ3) is 5.77. The number of halogens is 1. The van der Waals surface area contributed by atoms with E-state index in [2.05, 4.69) is 0 Å². The molecular formula is C12H20ClNO3. The minimum Gasteiger partial charge on any atom is -0.508 e. The first-order valence-corrected chi connectivity index (χ1v) is 5.38. The zero-order chi connectivity index (χ0) is 12.1. The minimum atomic E-state index is -0.744. The van der Waals surface area contributed by atoms with Gasteiger partial charge in [0.05, 0.1) is 0 Å². The average molecular weight is 262 g/mol. The monoisotopic (exact) mass is 261 g/mol. The number of hydrogen-bond acceptors (Lipinski definition) is 4. The van der Waals surface area contributed by atoms with Crippen LogP contribution in [0.4, 0.5) is 0 Å². The highest BCUT2D eigenvalue weighted by atomic mass is 35.5. The number of benzene rings is 1. The van der Waals surface area contributed by atoms with Crippen LogP contribution in [-0.4, -0.2) is 22.5 Å². The molecule has 0 bridgehead atoms. The third-order valence-corrected chi connectivity index (χ3v) is 2.20. The molecule has 1 aromatic rings. The molecule has 0 aliphatic heterocycles. The lowest BCUT2D eigenvalue weighted by Crippen LogP contribution is -2.40. The number of phenolic OH excluding ortho intramolecular Hbond substituents is 1. The molecule has 5 heteroatoms. The molecule has 0 aliphatic carbocycles. The summed E-state index contributed by atoms with van der Waals surface area (Å²) in [6, 6.07) is 6.24. The summed E-state index contributed by atoms with van der Waals surface area (Å²) in [5.74, 6) is 1.07. The van der Waals surface area contributed by atoms with Gasteiger partial charge in [-0.15, -0.1) is 12.4 Å². The van der Waals surface area contributed by atoms with Crippen LogP contribution in [0.25, 0.3) is 0 Å². The fourth-order valence-corrected chi connectivity index (χ4v) is 1.38. The molecule has 0 saturated heterocycles. The first-order valence-electron chi connectivity index (χ1n) is 5.38. The van der Waals surface area contributed by atoms with Gasteiger partial charge in [-0.05, 0) is 36.6 Å². The van der Waals surface area contributed by atoms with Gasteiger partial charge in [-0.1, -0.05) is 13.8 Å².